The maximum absolute atomic E-state index is 13.3. The number of phenols is 1. The number of benzene rings is 2. The molecule has 1 aliphatic rings. The van der Waals surface area contributed by atoms with Crippen LogP contribution >= 0.6 is 0 Å². The van der Waals surface area contributed by atoms with Crippen molar-refractivity contribution >= 4 is 10.9 Å². The molecule has 0 bridgehead atoms. The molecule has 5 rings (SSSR count). The van der Waals surface area contributed by atoms with E-state index in [1.54, 1.807) is 25.2 Å². The van der Waals surface area contributed by atoms with E-state index in [0.717, 1.165) is 32.6 Å². The van der Waals surface area contributed by atoms with E-state index in [0.29, 0.717) is 24.1 Å². The van der Waals surface area contributed by atoms with E-state index in [1.165, 1.54) is 11.6 Å². The first-order valence-corrected chi connectivity index (χ1v) is 10.2. The van der Waals surface area contributed by atoms with Gasteiger partial charge in [-0.05, 0) is 30.2 Å². The van der Waals surface area contributed by atoms with Gasteiger partial charge in [0.25, 0.3) is 5.56 Å². The largest absolute Gasteiger partial charge is 0.508 e. The van der Waals surface area contributed by atoms with Crippen LogP contribution < -0.4 is 11.2 Å². The Hall–Kier alpha value is -3.58. The fourth-order valence-electron chi connectivity index (χ4n) is 4.53. The molecule has 0 saturated heterocycles. The first kappa shape index (κ1) is 19.4. The number of fused-ring (bicyclic) bond motifs is 3. The minimum Gasteiger partial charge on any atom is -0.508 e. The lowest BCUT2D eigenvalue weighted by molar-refractivity contribution is 0.0477. The highest BCUT2D eigenvalue weighted by molar-refractivity contribution is 5.96. The highest BCUT2D eigenvalue weighted by Gasteiger charge is 2.33. The van der Waals surface area contributed by atoms with Crippen LogP contribution in [0.3, 0.4) is 0 Å². The van der Waals surface area contributed by atoms with E-state index < -0.39 is 6.10 Å². The molecule has 2 aromatic heterocycles. The van der Waals surface area contributed by atoms with Crippen molar-refractivity contribution in [3.8, 4) is 17.0 Å². The van der Waals surface area contributed by atoms with Crippen molar-refractivity contribution in [2.45, 2.75) is 19.6 Å². The minimum atomic E-state index is -0.514. The third-order valence-electron chi connectivity index (χ3n) is 6.05. The number of hydrogen-bond acceptors (Lipinski definition) is 4. The summed E-state index contributed by atoms with van der Waals surface area (Å²) in [6.07, 6.45) is -0.514. The molecule has 0 amide bonds. The van der Waals surface area contributed by atoms with Crippen LogP contribution in [0, 0.1) is 6.92 Å². The third kappa shape index (κ3) is 2.84. The Bertz CT molecular complexity index is 1440. The summed E-state index contributed by atoms with van der Waals surface area (Å²) in [5.74, 6) is 0.137. The van der Waals surface area contributed by atoms with E-state index in [2.05, 4.69) is 4.57 Å². The van der Waals surface area contributed by atoms with Crippen LogP contribution in [0.5, 0.6) is 5.75 Å². The highest BCUT2D eigenvalue weighted by atomic mass is 16.5. The van der Waals surface area contributed by atoms with Crippen LogP contribution in [-0.4, -0.2) is 25.4 Å². The molecular weight excluding hydrogens is 394 g/mol. The second-order valence-electron chi connectivity index (χ2n) is 8.03. The number of aryl methyl sites for hydroxylation is 2. The van der Waals surface area contributed by atoms with Crippen LogP contribution in [0.4, 0.5) is 0 Å². The highest BCUT2D eigenvalue weighted by Crippen LogP contribution is 2.41. The topological polar surface area (TPSA) is 78.4 Å². The predicted molar refractivity (Wildman–Crippen MR) is 118 cm³/mol. The zero-order valence-corrected chi connectivity index (χ0v) is 17.6. The normalized spacial score (nSPS) is 15.9. The molecule has 0 fully saturated rings. The molecule has 0 unspecified atom stereocenters. The van der Waals surface area contributed by atoms with Crippen molar-refractivity contribution in [1.82, 2.24) is 13.7 Å². The number of aromatic nitrogens is 3. The second-order valence-corrected chi connectivity index (χ2v) is 8.03. The van der Waals surface area contributed by atoms with Crippen LogP contribution in [0.15, 0.2) is 58.1 Å². The van der Waals surface area contributed by atoms with Gasteiger partial charge < -0.3 is 14.4 Å². The molecule has 1 aliphatic heterocycles. The van der Waals surface area contributed by atoms with Gasteiger partial charge in [0.1, 0.15) is 11.9 Å². The molecule has 4 aromatic rings. The summed E-state index contributed by atoms with van der Waals surface area (Å²) in [5, 5.41) is 10.5. The quantitative estimate of drug-likeness (QED) is 0.544. The fraction of sp³-hybridized carbons (Fsp3) is 0.250. The summed E-state index contributed by atoms with van der Waals surface area (Å²) in [7, 11) is 3.18. The van der Waals surface area contributed by atoms with E-state index in [1.807, 2.05) is 37.3 Å². The van der Waals surface area contributed by atoms with Gasteiger partial charge in [-0.2, -0.15) is 0 Å². The van der Waals surface area contributed by atoms with Crippen LogP contribution in [0.1, 0.15) is 22.9 Å². The third-order valence-corrected chi connectivity index (χ3v) is 6.05. The Kier molecular flexibility index (Phi) is 4.37. The minimum absolute atomic E-state index is 0.137. The zero-order valence-electron chi connectivity index (χ0n) is 17.6. The zero-order chi connectivity index (χ0) is 21.9. The van der Waals surface area contributed by atoms with E-state index in [9.17, 15) is 14.7 Å². The molecule has 7 nitrogen and oxygen atoms in total. The van der Waals surface area contributed by atoms with Gasteiger partial charge in [0.15, 0.2) is 0 Å². The summed E-state index contributed by atoms with van der Waals surface area (Å²) in [6.45, 7) is 3.02. The van der Waals surface area contributed by atoms with Crippen LogP contribution in [0.2, 0.25) is 0 Å². The van der Waals surface area contributed by atoms with Gasteiger partial charge in [-0.3, -0.25) is 13.9 Å². The molecule has 1 atom stereocenters. The number of ether oxygens (including phenoxy) is 1. The number of rotatable bonds is 2. The van der Waals surface area contributed by atoms with Gasteiger partial charge >= 0.3 is 5.69 Å². The van der Waals surface area contributed by atoms with Crippen molar-refractivity contribution in [2.24, 2.45) is 14.1 Å². The Balaban J connectivity index is 1.94. The standard InChI is InChI=1S/C24H23N3O4/c1-14-7-9-15(10-8-14)19-18-20(25(2)24(30)26(3)23(18)29)21-22(31-12-11-27(19)21)16-5-4-6-17(28)13-16/h4-10,13,22,28H,11-12H2,1-3H3/t22-/m0/s1. The monoisotopic (exact) mass is 417 g/mol. The molecule has 31 heavy (non-hydrogen) atoms. The number of phenolic OH excluding ortho intramolecular Hbond substituents is 1. The molecule has 3 heterocycles. The summed E-state index contributed by atoms with van der Waals surface area (Å²) in [6, 6.07) is 14.9. The van der Waals surface area contributed by atoms with Crippen molar-refractivity contribution in [1.29, 1.82) is 0 Å². The SMILES string of the molecule is Cc1ccc(-c2c3c(=O)n(C)c(=O)n(C)c3c3n2CCO[C@H]3c2cccc(O)c2)cc1. The molecule has 0 aliphatic carbocycles. The molecule has 1 N–H and O–H groups in total. The second kappa shape index (κ2) is 6.99. The van der Waals surface area contributed by atoms with Crippen molar-refractivity contribution in [3.63, 3.8) is 0 Å². The summed E-state index contributed by atoms with van der Waals surface area (Å²) in [4.78, 5) is 26.1. The lowest BCUT2D eigenvalue weighted by Crippen LogP contribution is -2.37. The predicted octanol–water partition coefficient (Wildman–Crippen LogP) is 2.84. The van der Waals surface area contributed by atoms with E-state index >= 15 is 0 Å². The van der Waals surface area contributed by atoms with Crippen LogP contribution in [-0.2, 0) is 25.4 Å². The first-order valence-electron chi connectivity index (χ1n) is 10.2. The lowest BCUT2D eigenvalue weighted by atomic mass is 10.0. The molecule has 0 spiro atoms. The first-order chi connectivity index (χ1) is 14.9. The lowest BCUT2D eigenvalue weighted by Gasteiger charge is -2.27. The van der Waals surface area contributed by atoms with E-state index in [4.69, 9.17) is 4.74 Å². The Morgan fingerprint density at radius 1 is 1.03 bits per heavy atom. The molecule has 0 radical (unpaired) electrons. The maximum atomic E-state index is 13.3. The smallest absolute Gasteiger partial charge is 0.331 e. The molecule has 7 heteroatoms. The average Bonchev–Trinajstić information content (AvgIpc) is 3.12. The number of hydrogen-bond donors (Lipinski definition) is 1. The Morgan fingerprint density at radius 2 is 1.77 bits per heavy atom. The average molecular weight is 417 g/mol. The molecule has 0 saturated carbocycles. The number of nitrogens with zero attached hydrogens (tertiary/aromatic N) is 3. The van der Waals surface area contributed by atoms with Gasteiger partial charge in [0, 0.05) is 20.6 Å². The van der Waals surface area contributed by atoms with Crippen LogP contribution in [0.25, 0.3) is 22.2 Å². The summed E-state index contributed by atoms with van der Waals surface area (Å²) >= 11 is 0. The van der Waals surface area contributed by atoms with Gasteiger partial charge in [-0.15, -0.1) is 0 Å². The van der Waals surface area contributed by atoms with Gasteiger partial charge in [0.2, 0.25) is 0 Å². The van der Waals surface area contributed by atoms with E-state index in [-0.39, 0.29) is 17.0 Å². The maximum Gasteiger partial charge on any atom is 0.331 e. The van der Waals surface area contributed by atoms with Crippen molar-refractivity contribution < 1.29 is 9.84 Å². The summed E-state index contributed by atoms with van der Waals surface area (Å²) in [5.41, 5.74) is 4.19. The molecular formula is C24H23N3O4. The van der Waals surface area contributed by atoms with Gasteiger partial charge in [0.05, 0.1) is 28.9 Å². The number of aromatic hydroxyl groups is 1. The molecule has 2 aromatic carbocycles. The van der Waals surface area contributed by atoms with Crippen molar-refractivity contribution in [2.75, 3.05) is 6.61 Å². The van der Waals surface area contributed by atoms with Gasteiger partial charge in [-0.25, -0.2) is 4.79 Å². The Labute approximate surface area is 178 Å². The summed E-state index contributed by atoms with van der Waals surface area (Å²) < 4.78 is 10.9. The molecule has 158 valence electrons. The van der Waals surface area contributed by atoms with Gasteiger partial charge in [-0.1, -0.05) is 42.0 Å². The Morgan fingerprint density at radius 3 is 2.48 bits per heavy atom. The fourth-order valence-corrected chi connectivity index (χ4v) is 4.53. The van der Waals surface area contributed by atoms with Crippen molar-refractivity contribution in [3.05, 3.63) is 86.2 Å².